The Morgan fingerprint density at radius 3 is 2.92 bits per heavy atom. The van der Waals surface area contributed by atoms with Crippen molar-refractivity contribution in [2.24, 2.45) is 0 Å². The van der Waals surface area contributed by atoms with Crippen LogP contribution >= 0.6 is 0 Å². The van der Waals surface area contributed by atoms with Crippen LogP contribution in [0, 0.1) is 0 Å². The van der Waals surface area contributed by atoms with Crippen LogP contribution < -0.4 is 4.74 Å². The molecule has 2 aromatic carbocycles. The number of rotatable bonds is 2. The SMILES string of the molecule is CC[C@H]1c2[nH]c3ccccc3c2CC2c3cc(OC)ccc3CCN21. The molecule has 0 fully saturated rings. The van der Waals surface area contributed by atoms with Crippen molar-refractivity contribution in [2.45, 2.75) is 38.3 Å². The second-order valence-electron chi connectivity index (χ2n) is 7.26. The molecule has 0 saturated heterocycles. The third-order valence-electron chi connectivity index (χ3n) is 6.12. The smallest absolute Gasteiger partial charge is 0.119 e. The van der Waals surface area contributed by atoms with Crippen molar-refractivity contribution in [3.05, 3.63) is 64.8 Å². The number of para-hydroxylation sites is 1. The number of H-pyrrole nitrogens is 1. The fraction of sp³-hybridized carbons (Fsp3) is 0.364. The summed E-state index contributed by atoms with van der Waals surface area (Å²) in [5, 5.41) is 1.39. The quantitative estimate of drug-likeness (QED) is 0.731. The molecule has 1 unspecified atom stereocenters. The van der Waals surface area contributed by atoms with Crippen LogP contribution in [0.2, 0.25) is 0 Å². The van der Waals surface area contributed by atoms with Crippen LogP contribution in [0.1, 0.15) is 47.8 Å². The number of nitrogens with one attached hydrogen (secondary N) is 1. The van der Waals surface area contributed by atoms with E-state index in [4.69, 9.17) is 4.74 Å². The molecule has 0 spiro atoms. The molecule has 0 saturated carbocycles. The number of ether oxygens (including phenoxy) is 1. The second kappa shape index (κ2) is 5.63. The van der Waals surface area contributed by atoms with E-state index in [1.807, 2.05) is 0 Å². The van der Waals surface area contributed by atoms with Crippen molar-refractivity contribution in [1.29, 1.82) is 0 Å². The number of aromatic nitrogens is 1. The first-order chi connectivity index (χ1) is 12.3. The van der Waals surface area contributed by atoms with Crippen molar-refractivity contribution < 1.29 is 4.74 Å². The lowest BCUT2D eigenvalue weighted by atomic mass is 9.82. The van der Waals surface area contributed by atoms with Crippen LogP contribution in [0.3, 0.4) is 0 Å². The molecule has 1 aromatic heterocycles. The molecule has 2 atom stereocenters. The molecule has 0 radical (unpaired) electrons. The summed E-state index contributed by atoms with van der Waals surface area (Å²) < 4.78 is 5.51. The lowest BCUT2D eigenvalue weighted by molar-refractivity contribution is 0.102. The lowest BCUT2D eigenvalue weighted by Gasteiger charge is -2.45. The van der Waals surface area contributed by atoms with Gasteiger partial charge in [-0.1, -0.05) is 31.2 Å². The van der Waals surface area contributed by atoms with Crippen LogP contribution in [-0.2, 0) is 12.8 Å². The minimum atomic E-state index is 0.454. The number of methoxy groups -OCH3 is 1. The van der Waals surface area contributed by atoms with Crippen molar-refractivity contribution >= 4 is 10.9 Å². The van der Waals surface area contributed by atoms with E-state index in [9.17, 15) is 0 Å². The maximum absolute atomic E-state index is 5.51. The molecule has 2 aliphatic rings. The Bertz CT molecular complexity index is 942. The van der Waals surface area contributed by atoms with E-state index in [-0.39, 0.29) is 0 Å². The Morgan fingerprint density at radius 2 is 2.08 bits per heavy atom. The third-order valence-corrected chi connectivity index (χ3v) is 6.12. The Balaban J connectivity index is 1.68. The molecule has 3 heteroatoms. The van der Waals surface area contributed by atoms with Gasteiger partial charge in [0.05, 0.1) is 13.2 Å². The molecule has 128 valence electrons. The van der Waals surface area contributed by atoms with E-state index in [1.165, 1.54) is 33.3 Å². The van der Waals surface area contributed by atoms with Gasteiger partial charge in [0.1, 0.15) is 5.75 Å². The maximum Gasteiger partial charge on any atom is 0.119 e. The van der Waals surface area contributed by atoms with Gasteiger partial charge in [-0.05, 0) is 54.2 Å². The standard InChI is InChI=1S/C22H24N2O/c1-3-20-22-18(16-6-4-5-7-19(16)23-22)13-21-17-12-15(25-2)9-8-14(17)10-11-24(20)21/h4-9,12,20-21,23H,3,10-11,13H2,1-2H3/t20-,21?/m0/s1. The first-order valence-corrected chi connectivity index (χ1v) is 9.32. The summed E-state index contributed by atoms with van der Waals surface area (Å²) in [5.41, 5.74) is 7.17. The normalized spacial score (nSPS) is 22.3. The highest BCUT2D eigenvalue weighted by atomic mass is 16.5. The Hall–Kier alpha value is -2.26. The van der Waals surface area contributed by atoms with Crippen molar-refractivity contribution in [1.82, 2.24) is 9.88 Å². The van der Waals surface area contributed by atoms with Gasteiger partial charge in [0.2, 0.25) is 0 Å². The Kier molecular flexibility index (Phi) is 3.39. The number of nitrogens with zero attached hydrogens (tertiary/aromatic N) is 1. The molecular weight excluding hydrogens is 308 g/mol. The van der Waals surface area contributed by atoms with Crippen LogP contribution in [0.5, 0.6) is 5.75 Å². The Morgan fingerprint density at radius 1 is 1.20 bits per heavy atom. The lowest BCUT2D eigenvalue weighted by Crippen LogP contribution is -2.42. The zero-order valence-corrected chi connectivity index (χ0v) is 14.9. The van der Waals surface area contributed by atoms with Gasteiger partial charge in [-0.15, -0.1) is 0 Å². The van der Waals surface area contributed by atoms with E-state index in [0.29, 0.717) is 12.1 Å². The van der Waals surface area contributed by atoms with Gasteiger partial charge in [-0.3, -0.25) is 4.90 Å². The van der Waals surface area contributed by atoms with E-state index in [1.54, 1.807) is 7.11 Å². The zero-order valence-electron chi connectivity index (χ0n) is 14.9. The van der Waals surface area contributed by atoms with Gasteiger partial charge >= 0.3 is 0 Å². The number of benzene rings is 2. The zero-order chi connectivity index (χ0) is 17.0. The molecule has 0 bridgehead atoms. The van der Waals surface area contributed by atoms with Gasteiger partial charge < -0.3 is 9.72 Å². The van der Waals surface area contributed by atoms with Crippen molar-refractivity contribution in [3.63, 3.8) is 0 Å². The first kappa shape index (κ1) is 15.0. The van der Waals surface area contributed by atoms with Gasteiger partial charge in [-0.2, -0.15) is 0 Å². The van der Waals surface area contributed by atoms with E-state index < -0.39 is 0 Å². The highest BCUT2D eigenvalue weighted by Crippen LogP contribution is 2.47. The Labute approximate surface area is 148 Å². The van der Waals surface area contributed by atoms with Gasteiger partial charge in [0.15, 0.2) is 0 Å². The average Bonchev–Trinajstić information content (AvgIpc) is 3.04. The number of hydrogen-bond donors (Lipinski definition) is 1. The molecule has 25 heavy (non-hydrogen) atoms. The maximum atomic E-state index is 5.51. The van der Waals surface area contributed by atoms with Crippen LogP contribution in [0.4, 0.5) is 0 Å². The van der Waals surface area contributed by atoms with Crippen molar-refractivity contribution in [3.8, 4) is 5.75 Å². The predicted octanol–water partition coefficient (Wildman–Crippen LogP) is 4.78. The summed E-state index contributed by atoms with van der Waals surface area (Å²) in [6.07, 6.45) is 3.34. The summed E-state index contributed by atoms with van der Waals surface area (Å²) in [4.78, 5) is 6.44. The van der Waals surface area contributed by atoms with Gasteiger partial charge in [0, 0.05) is 29.2 Å². The number of hydrogen-bond acceptors (Lipinski definition) is 2. The molecule has 0 amide bonds. The topological polar surface area (TPSA) is 28.3 Å². The van der Waals surface area contributed by atoms with E-state index in [2.05, 4.69) is 59.3 Å². The largest absolute Gasteiger partial charge is 0.497 e. The van der Waals surface area contributed by atoms with Gasteiger partial charge in [-0.25, -0.2) is 0 Å². The molecule has 2 aliphatic heterocycles. The highest BCUT2D eigenvalue weighted by molar-refractivity contribution is 5.85. The van der Waals surface area contributed by atoms with E-state index in [0.717, 1.165) is 31.6 Å². The van der Waals surface area contributed by atoms with Crippen LogP contribution in [0.15, 0.2) is 42.5 Å². The van der Waals surface area contributed by atoms with Crippen LogP contribution in [-0.4, -0.2) is 23.5 Å². The minimum absolute atomic E-state index is 0.454. The summed E-state index contributed by atoms with van der Waals surface area (Å²) in [6.45, 7) is 3.45. The van der Waals surface area contributed by atoms with Gasteiger partial charge in [0.25, 0.3) is 0 Å². The van der Waals surface area contributed by atoms with Crippen LogP contribution in [0.25, 0.3) is 10.9 Å². The molecule has 3 aromatic rings. The summed E-state index contributed by atoms with van der Waals surface area (Å²) in [6, 6.07) is 16.3. The van der Waals surface area contributed by atoms with Crippen molar-refractivity contribution in [2.75, 3.05) is 13.7 Å². The van der Waals surface area contributed by atoms with E-state index >= 15 is 0 Å². The number of aromatic amines is 1. The summed E-state index contributed by atoms with van der Waals surface area (Å²) in [5.74, 6) is 0.971. The fourth-order valence-electron chi connectivity index (χ4n) is 4.95. The molecule has 0 aliphatic carbocycles. The molecule has 1 N–H and O–H groups in total. The number of fused-ring (bicyclic) bond motifs is 6. The molecule has 3 nitrogen and oxygen atoms in total. The fourth-order valence-corrected chi connectivity index (χ4v) is 4.95. The second-order valence-corrected chi connectivity index (χ2v) is 7.26. The molecule has 5 rings (SSSR count). The predicted molar refractivity (Wildman–Crippen MR) is 101 cm³/mol. The molecular formula is C22H24N2O. The average molecular weight is 332 g/mol. The summed E-state index contributed by atoms with van der Waals surface area (Å²) in [7, 11) is 1.76. The highest BCUT2D eigenvalue weighted by Gasteiger charge is 2.39. The first-order valence-electron chi connectivity index (χ1n) is 9.32. The third kappa shape index (κ3) is 2.15. The minimum Gasteiger partial charge on any atom is -0.497 e. The monoisotopic (exact) mass is 332 g/mol. The molecule has 3 heterocycles. The summed E-state index contributed by atoms with van der Waals surface area (Å²) >= 11 is 0.